The Kier molecular flexibility index (Phi) is 6.66. The molecular formula is C21H18F3N5O4. The van der Waals surface area contributed by atoms with Crippen molar-refractivity contribution in [1.29, 1.82) is 0 Å². The number of esters is 2. The third-order valence-electron chi connectivity index (χ3n) is 4.40. The van der Waals surface area contributed by atoms with Gasteiger partial charge in [0.25, 0.3) is 0 Å². The smallest absolute Gasteiger partial charge is 0.416 e. The molecule has 172 valence electrons. The third kappa shape index (κ3) is 5.47. The Morgan fingerprint density at radius 2 is 1.33 bits per heavy atom. The van der Waals surface area contributed by atoms with Crippen molar-refractivity contribution in [2.75, 3.05) is 30.6 Å². The molecule has 0 bridgehead atoms. The lowest BCUT2D eigenvalue weighted by Crippen LogP contribution is -2.09. The second-order valence-electron chi connectivity index (χ2n) is 6.59. The first-order valence-electron chi connectivity index (χ1n) is 9.26. The van der Waals surface area contributed by atoms with Gasteiger partial charge in [-0.3, -0.25) is 0 Å². The summed E-state index contributed by atoms with van der Waals surface area (Å²) in [5.74, 6) is -1.10. The van der Waals surface area contributed by atoms with E-state index in [1.807, 2.05) is 0 Å². The molecule has 1 heterocycles. The highest BCUT2D eigenvalue weighted by Gasteiger charge is 2.30. The molecule has 0 fully saturated rings. The van der Waals surface area contributed by atoms with Gasteiger partial charge in [-0.25, -0.2) is 19.6 Å². The molecule has 2 aromatic carbocycles. The van der Waals surface area contributed by atoms with E-state index in [1.165, 1.54) is 50.9 Å². The molecule has 0 radical (unpaired) electrons. The third-order valence-corrected chi connectivity index (χ3v) is 4.40. The summed E-state index contributed by atoms with van der Waals surface area (Å²) in [5, 5.41) is 5.71. The minimum absolute atomic E-state index is 0.0421. The number of anilines is 5. The zero-order chi connectivity index (χ0) is 24.2. The quantitative estimate of drug-likeness (QED) is 0.464. The van der Waals surface area contributed by atoms with Gasteiger partial charge in [0.15, 0.2) is 11.6 Å². The number of rotatable bonds is 6. The summed E-state index contributed by atoms with van der Waals surface area (Å²) in [6, 6.07) is 8.46. The van der Waals surface area contributed by atoms with Crippen molar-refractivity contribution in [3.05, 3.63) is 65.5 Å². The number of alkyl halides is 3. The molecule has 3 rings (SSSR count). The number of nitrogen functional groups attached to an aromatic ring is 1. The number of nitrogens with zero attached hydrogens (tertiary/aromatic N) is 2. The number of hydrogen-bond donors (Lipinski definition) is 3. The summed E-state index contributed by atoms with van der Waals surface area (Å²) in [6.45, 7) is 0. The fourth-order valence-electron chi connectivity index (χ4n) is 2.78. The van der Waals surface area contributed by atoms with E-state index in [9.17, 15) is 22.8 Å². The van der Waals surface area contributed by atoms with Crippen LogP contribution in [0.3, 0.4) is 0 Å². The minimum Gasteiger partial charge on any atom is -0.465 e. The van der Waals surface area contributed by atoms with Gasteiger partial charge in [0.2, 0.25) is 0 Å². The summed E-state index contributed by atoms with van der Waals surface area (Å²) >= 11 is 0. The predicted molar refractivity (Wildman–Crippen MR) is 114 cm³/mol. The maximum atomic E-state index is 12.7. The summed E-state index contributed by atoms with van der Waals surface area (Å²) in [7, 11) is 2.39. The van der Waals surface area contributed by atoms with E-state index in [0.717, 1.165) is 12.1 Å². The summed E-state index contributed by atoms with van der Waals surface area (Å²) < 4.78 is 47.6. The molecule has 3 aromatic rings. The summed E-state index contributed by atoms with van der Waals surface area (Å²) in [4.78, 5) is 32.0. The van der Waals surface area contributed by atoms with E-state index >= 15 is 0 Å². The summed E-state index contributed by atoms with van der Waals surface area (Å²) in [6.07, 6.45) is -3.28. The van der Waals surface area contributed by atoms with E-state index in [0.29, 0.717) is 5.69 Å². The van der Waals surface area contributed by atoms with Crippen molar-refractivity contribution in [2.24, 2.45) is 0 Å². The van der Waals surface area contributed by atoms with Gasteiger partial charge >= 0.3 is 18.1 Å². The molecule has 0 aliphatic carbocycles. The van der Waals surface area contributed by atoms with E-state index in [1.54, 1.807) is 0 Å². The topological polar surface area (TPSA) is 128 Å². The number of ether oxygens (including phenoxy) is 2. The van der Waals surface area contributed by atoms with Crippen molar-refractivity contribution in [3.8, 4) is 0 Å². The van der Waals surface area contributed by atoms with Crippen LogP contribution in [0.15, 0.2) is 48.8 Å². The molecule has 0 unspecified atom stereocenters. The van der Waals surface area contributed by atoms with Crippen molar-refractivity contribution in [2.45, 2.75) is 6.18 Å². The molecule has 0 amide bonds. The lowest BCUT2D eigenvalue weighted by molar-refractivity contribution is -0.137. The second-order valence-corrected chi connectivity index (χ2v) is 6.59. The average molecular weight is 461 g/mol. The fraction of sp³-hybridized carbons (Fsp3) is 0.143. The number of benzene rings is 2. The van der Waals surface area contributed by atoms with Gasteiger partial charge in [-0.2, -0.15) is 13.2 Å². The van der Waals surface area contributed by atoms with Crippen molar-refractivity contribution >= 4 is 40.6 Å². The SMILES string of the molecule is COC(=O)c1cc(Nc2ncnc(Nc3ccc(C(F)(F)F)cc3)c2N)cc(C(=O)OC)c1. The van der Waals surface area contributed by atoms with Gasteiger partial charge in [0.05, 0.1) is 30.9 Å². The van der Waals surface area contributed by atoms with Gasteiger partial charge in [-0.15, -0.1) is 0 Å². The number of carbonyl (C=O) groups is 2. The first-order chi connectivity index (χ1) is 15.6. The van der Waals surface area contributed by atoms with Crippen molar-refractivity contribution < 1.29 is 32.2 Å². The highest BCUT2D eigenvalue weighted by atomic mass is 19.4. The second kappa shape index (κ2) is 9.42. The maximum absolute atomic E-state index is 12.7. The molecule has 33 heavy (non-hydrogen) atoms. The molecule has 12 heteroatoms. The average Bonchev–Trinajstić information content (AvgIpc) is 2.80. The predicted octanol–water partition coefficient (Wildman–Crippen LogP) is 4.14. The number of halogens is 3. The fourth-order valence-corrected chi connectivity index (χ4v) is 2.78. The van der Waals surface area contributed by atoms with Crippen LogP contribution in [-0.4, -0.2) is 36.1 Å². The van der Waals surface area contributed by atoms with Crippen LogP contribution in [0.5, 0.6) is 0 Å². The van der Waals surface area contributed by atoms with Gasteiger partial charge in [0.1, 0.15) is 12.0 Å². The normalized spacial score (nSPS) is 10.9. The first kappa shape index (κ1) is 23.3. The Morgan fingerprint density at radius 1 is 0.848 bits per heavy atom. The van der Waals surface area contributed by atoms with E-state index in [-0.39, 0.29) is 34.1 Å². The van der Waals surface area contributed by atoms with Crippen LogP contribution in [0.2, 0.25) is 0 Å². The van der Waals surface area contributed by atoms with Crippen LogP contribution in [0, 0.1) is 0 Å². The van der Waals surface area contributed by atoms with Crippen LogP contribution in [0.4, 0.5) is 41.9 Å². The van der Waals surface area contributed by atoms with Crippen molar-refractivity contribution in [3.63, 3.8) is 0 Å². The largest absolute Gasteiger partial charge is 0.465 e. The Morgan fingerprint density at radius 3 is 1.79 bits per heavy atom. The number of methoxy groups -OCH3 is 2. The molecule has 0 spiro atoms. The molecule has 0 aliphatic rings. The molecular weight excluding hydrogens is 443 g/mol. The van der Waals surface area contributed by atoms with Gasteiger partial charge in [-0.1, -0.05) is 0 Å². The Balaban J connectivity index is 1.89. The lowest BCUT2D eigenvalue weighted by Gasteiger charge is -2.14. The number of aromatic nitrogens is 2. The van der Waals surface area contributed by atoms with E-state index in [2.05, 4.69) is 20.6 Å². The van der Waals surface area contributed by atoms with Gasteiger partial charge < -0.3 is 25.8 Å². The highest BCUT2D eigenvalue weighted by molar-refractivity contribution is 5.97. The zero-order valence-corrected chi connectivity index (χ0v) is 17.4. The first-order valence-corrected chi connectivity index (χ1v) is 9.26. The van der Waals surface area contributed by atoms with Crippen LogP contribution in [0.1, 0.15) is 26.3 Å². The van der Waals surface area contributed by atoms with Gasteiger partial charge in [-0.05, 0) is 42.5 Å². The molecule has 0 saturated heterocycles. The molecule has 9 nitrogen and oxygen atoms in total. The number of hydrogen-bond acceptors (Lipinski definition) is 9. The molecule has 1 aromatic heterocycles. The minimum atomic E-state index is -4.45. The van der Waals surface area contributed by atoms with Crippen LogP contribution in [0.25, 0.3) is 0 Å². The number of carbonyl (C=O) groups excluding carboxylic acids is 2. The van der Waals surface area contributed by atoms with Crippen LogP contribution in [-0.2, 0) is 15.7 Å². The molecule has 0 atom stereocenters. The maximum Gasteiger partial charge on any atom is 0.416 e. The molecule has 4 N–H and O–H groups in total. The lowest BCUT2D eigenvalue weighted by atomic mass is 10.1. The van der Waals surface area contributed by atoms with E-state index < -0.39 is 23.7 Å². The molecule has 0 aliphatic heterocycles. The van der Waals surface area contributed by atoms with Crippen molar-refractivity contribution in [1.82, 2.24) is 9.97 Å². The number of nitrogens with one attached hydrogen (secondary N) is 2. The van der Waals surface area contributed by atoms with Gasteiger partial charge in [0, 0.05) is 11.4 Å². The van der Waals surface area contributed by atoms with Crippen LogP contribution < -0.4 is 16.4 Å². The van der Waals surface area contributed by atoms with E-state index in [4.69, 9.17) is 15.2 Å². The number of nitrogens with two attached hydrogens (primary N) is 1. The van der Waals surface area contributed by atoms with Crippen LogP contribution >= 0.6 is 0 Å². The summed E-state index contributed by atoms with van der Waals surface area (Å²) in [5.41, 5.74) is 6.13. The standard InChI is InChI=1S/C21H18F3N5O4/c1-32-19(30)11-7-12(20(31)33-2)9-15(8-11)29-18-16(25)17(26-10-27-18)28-14-5-3-13(4-6-14)21(22,23)24/h3-10H,25H2,1-2H3,(H2,26,27,28,29). The highest BCUT2D eigenvalue weighted by Crippen LogP contribution is 2.32. The Labute approximate surface area is 185 Å². The Hall–Kier alpha value is -4.35. The monoisotopic (exact) mass is 461 g/mol. The molecule has 0 saturated carbocycles. The Bertz CT molecular complexity index is 1150. The zero-order valence-electron chi connectivity index (χ0n) is 17.4.